The summed E-state index contributed by atoms with van der Waals surface area (Å²) in [5.41, 5.74) is 8.80. The minimum Gasteiger partial charge on any atom is -0.508 e. The highest BCUT2D eigenvalue weighted by molar-refractivity contribution is 6.19. The first-order valence-electron chi connectivity index (χ1n) is 15.9. The van der Waals surface area contributed by atoms with Gasteiger partial charge in [-0.25, -0.2) is 0 Å². The van der Waals surface area contributed by atoms with Crippen molar-refractivity contribution >= 4 is 11.6 Å². The molecule has 0 bridgehead atoms. The van der Waals surface area contributed by atoms with Crippen molar-refractivity contribution in [2.45, 2.75) is 80.1 Å². The number of phenols is 4. The van der Waals surface area contributed by atoms with Crippen molar-refractivity contribution in [2.75, 3.05) is 0 Å². The van der Waals surface area contributed by atoms with Crippen molar-refractivity contribution in [1.29, 1.82) is 0 Å². The molecule has 6 heteroatoms. The molecule has 1 aliphatic rings. The molecular weight excluding hydrogens is 600 g/mol. The van der Waals surface area contributed by atoms with Crippen molar-refractivity contribution in [3.8, 4) is 23.0 Å². The van der Waals surface area contributed by atoms with Crippen LogP contribution in [-0.2, 0) is 20.4 Å². The number of rotatable bonds is 4. The molecule has 0 heterocycles. The fourth-order valence-electron chi connectivity index (χ4n) is 5.27. The summed E-state index contributed by atoms with van der Waals surface area (Å²) in [4.78, 5) is 21.7. The molecule has 0 spiro atoms. The molecular formula is C42H48O6. The Morgan fingerprint density at radius 3 is 0.792 bits per heavy atom. The van der Waals surface area contributed by atoms with E-state index in [2.05, 4.69) is 27.7 Å². The van der Waals surface area contributed by atoms with Gasteiger partial charge in [-0.3, -0.25) is 9.59 Å². The SMILES string of the molecule is CC1=CC(=O)C(C)=CC1=O.Cc1cc(C(C)(C)c2ccc(O)c(C)c2)ccc1O.Cc1cc(C(C)(C)c2ccc(O)c(C)c2)ccc1O. The molecule has 0 saturated heterocycles. The molecule has 4 aromatic rings. The van der Waals surface area contributed by atoms with Crippen molar-refractivity contribution < 1.29 is 30.0 Å². The van der Waals surface area contributed by atoms with Gasteiger partial charge in [0.25, 0.3) is 0 Å². The summed E-state index contributed by atoms with van der Waals surface area (Å²) in [5, 5.41) is 38.5. The lowest BCUT2D eigenvalue weighted by atomic mass is 9.77. The minimum absolute atomic E-state index is 0.0582. The molecule has 4 N–H and O–H groups in total. The summed E-state index contributed by atoms with van der Waals surface area (Å²) >= 11 is 0. The fourth-order valence-corrected chi connectivity index (χ4v) is 5.27. The van der Waals surface area contributed by atoms with Gasteiger partial charge < -0.3 is 20.4 Å². The van der Waals surface area contributed by atoms with E-state index >= 15 is 0 Å². The van der Waals surface area contributed by atoms with Crippen LogP contribution in [0.25, 0.3) is 0 Å². The van der Waals surface area contributed by atoms with Gasteiger partial charge >= 0.3 is 0 Å². The van der Waals surface area contributed by atoms with E-state index in [1.54, 1.807) is 38.1 Å². The Hall–Kier alpha value is -5.10. The van der Waals surface area contributed by atoms with Crippen LogP contribution in [0.15, 0.2) is 96.1 Å². The Morgan fingerprint density at radius 2 is 0.604 bits per heavy atom. The number of hydrogen-bond donors (Lipinski definition) is 4. The summed E-state index contributed by atoms with van der Waals surface area (Å²) in [6.07, 6.45) is 2.75. The Bertz CT molecular complexity index is 1660. The lowest BCUT2D eigenvalue weighted by Gasteiger charge is -2.27. The summed E-state index contributed by atoms with van der Waals surface area (Å²) < 4.78 is 0. The average Bonchev–Trinajstić information content (AvgIpc) is 3.02. The molecule has 1 aliphatic carbocycles. The highest BCUT2D eigenvalue weighted by Crippen LogP contribution is 2.36. The first-order valence-corrected chi connectivity index (χ1v) is 15.9. The van der Waals surface area contributed by atoms with E-state index < -0.39 is 0 Å². The third-order valence-electron chi connectivity index (χ3n) is 9.15. The highest BCUT2D eigenvalue weighted by Gasteiger charge is 2.25. The number of phenolic OH excluding ortho intramolecular Hbond substituents is 4. The lowest BCUT2D eigenvalue weighted by Crippen LogP contribution is -2.19. The third kappa shape index (κ3) is 8.62. The summed E-state index contributed by atoms with van der Waals surface area (Å²) in [5.74, 6) is 1.17. The molecule has 4 aromatic carbocycles. The zero-order valence-electron chi connectivity index (χ0n) is 29.7. The predicted molar refractivity (Wildman–Crippen MR) is 193 cm³/mol. The number of ketones is 2. The molecule has 0 saturated carbocycles. The van der Waals surface area contributed by atoms with Gasteiger partial charge in [0.05, 0.1) is 0 Å². The fraction of sp³-hybridized carbons (Fsp3) is 0.286. The highest BCUT2D eigenvalue weighted by atomic mass is 16.3. The predicted octanol–water partition coefficient (Wildman–Crippen LogP) is 9.11. The third-order valence-corrected chi connectivity index (χ3v) is 9.15. The number of hydrogen-bond acceptors (Lipinski definition) is 6. The van der Waals surface area contributed by atoms with Crippen LogP contribution in [0.4, 0.5) is 0 Å². The van der Waals surface area contributed by atoms with Crippen molar-refractivity contribution in [2.24, 2.45) is 0 Å². The minimum atomic E-state index is -0.170. The van der Waals surface area contributed by atoms with Gasteiger partial charge in [-0.1, -0.05) is 76.2 Å². The maximum Gasteiger partial charge on any atom is 0.182 e. The average molecular weight is 649 g/mol. The smallest absolute Gasteiger partial charge is 0.182 e. The van der Waals surface area contributed by atoms with Crippen LogP contribution in [0, 0.1) is 27.7 Å². The van der Waals surface area contributed by atoms with Gasteiger partial charge in [0, 0.05) is 22.0 Å². The Kier molecular flexibility index (Phi) is 11.5. The van der Waals surface area contributed by atoms with Crippen molar-refractivity contribution in [3.63, 3.8) is 0 Å². The Balaban J connectivity index is 0.000000205. The van der Waals surface area contributed by atoms with Gasteiger partial charge in [0.1, 0.15) is 23.0 Å². The zero-order valence-corrected chi connectivity index (χ0v) is 29.7. The topological polar surface area (TPSA) is 115 Å². The number of allylic oxidation sites excluding steroid dienone is 4. The molecule has 0 fully saturated rings. The zero-order chi connectivity index (χ0) is 36.1. The van der Waals surface area contributed by atoms with E-state index in [1.165, 1.54) is 12.2 Å². The second-order valence-electron chi connectivity index (χ2n) is 13.6. The first-order chi connectivity index (χ1) is 22.2. The van der Waals surface area contributed by atoms with Crippen LogP contribution in [0.1, 0.15) is 86.1 Å². The largest absolute Gasteiger partial charge is 0.508 e. The maximum absolute atomic E-state index is 10.9. The Labute approximate surface area is 284 Å². The number of carbonyl (C=O) groups excluding carboxylic acids is 2. The molecule has 0 radical (unpaired) electrons. The standard InChI is InChI=1S/2C17H20O2.C8H8O2/c2*1-11-9-13(5-7-15(11)18)17(3,4)14-6-8-16(19)12(2)10-14;1-5-3-8(10)6(2)4-7(5)9/h2*5-10,18-19H,1-4H3;3-4H,1-2H3. The molecule has 0 unspecified atom stereocenters. The van der Waals surface area contributed by atoms with Crippen LogP contribution in [0.2, 0.25) is 0 Å². The molecule has 48 heavy (non-hydrogen) atoms. The molecule has 0 aromatic heterocycles. The van der Waals surface area contributed by atoms with E-state index in [1.807, 2.05) is 76.2 Å². The van der Waals surface area contributed by atoms with E-state index in [4.69, 9.17) is 0 Å². The van der Waals surface area contributed by atoms with E-state index in [9.17, 15) is 30.0 Å². The normalized spacial score (nSPS) is 13.0. The number of carbonyl (C=O) groups is 2. The molecule has 0 atom stereocenters. The van der Waals surface area contributed by atoms with Crippen molar-refractivity contribution in [1.82, 2.24) is 0 Å². The number of aryl methyl sites for hydroxylation is 4. The number of aromatic hydroxyl groups is 4. The van der Waals surface area contributed by atoms with Gasteiger partial charge in [0.15, 0.2) is 11.6 Å². The van der Waals surface area contributed by atoms with Crippen LogP contribution in [0.3, 0.4) is 0 Å². The summed E-state index contributed by atoms with van der Waals surface area (Å²) in [6.45, 7) is 19.5. The first kappa shape index (κ1) is 37.4. The quantitative estimate of drug-likeness (QED) is 0.164. The molecule has 252 valence electrons. The monoisotopic (exact) mass is 648 g/mol. The molecule has 6 nitrogen and oxygen atoms in total. The van der Waals surface area contributed by atoms with Crippen LogP contribution in [-0.4, -0.2) is 32.0 Å². The van der Waals surface area contributed by atoms with E-state index in [0.29, 0.717) is 34.1 Å². The van der Waals surface area contributed by atoms with Crippen molar-refractivity contribution in [3.05, 3.63) is 141 Å². The van der Waals surface area contributed by atoms with Crippen LogP contribution in [0.5, 0.6) is 23.0 Å². The van der Waals surface area contributed by atoms with Gasteiger partial charge in [-0.2, -0.15) is 0 Å². The molecule has 0 aliphatic heterocycles. The van der Waals surface area contributed by atoms with Gasteiger partial charge in [-0.15, -0.1) is 0 Å². The summed E-state index contributed by atoms with van der Waals surface area (Å²) in [7, 11) is 0. The second kappa shape index (κ2) is 14.8. The summed E-state index contributed by atoms with van der Waals surface area (Å²) in [6, 6.07) is 22.8. The van der Waals surface area contributed by atoms with Crippen LogP contribution < -0.4 is 0 Å². The maximum atomic E-state index is 10.9. The molecule has 5 rings (SSSR count). The van der Waals surface area contributed by atoms with Gasteiger partial charge in [-0.05, 0) is 122 Å². The lowest BCUT2D eigenvalue weighted by molar-refractivity contribution is -0.115. The van der Waals surface area contributed by atoms with Gasteiger partial charge in [0.2, 0.25) is 0 Å². The Morgan fingerprint density at radius 1 is 0.396 bits per heavy atom. The molecule has 0 amide bonds. The second-order valence-corrected chi connectivity index (χ2v) is 13.6. The van der Waals surface area contributed by atoms with E-state index in [0.717, 1.165) is 44.5 Å². The van der Waals surface area contributed by atoms with E-state index in [-0.39, 0.29) is 22.4 Å². The number of benzene rings is 4. The van der Waals surface area contributed by atoms with Crippen LogP contribution >= 0.6 is 0 Å².